The molecule has 1 atom stereocenters. The van der Waals surface area contributed by atoms with Crippen molar-refractivity contribution in [3.05, 3.63) is 28.8 Å². The summed E-state index contributed by atoms with van der Waals surface area (Å²) in [7, 11) is 0. The second kappa shape index (κ2) is 5.00. The SMILES string of the molecule is C[C@H](O)CNC(=O)c1ccc(N)c(Cl)c1. The van der Waals surface area contributed by atoms with E-state index in [4.69, 9.17) is 22.4 Å². The molecule has 5 heteroatoms. The van der Waals surface area contributed by atoms with E-state index in [0.717, 1.165) is 0 Å². The van der Waals surface area contributed by atoms with Crippen LogP contribution in [0.2, 0.25) is 5.02 Å². The van der Waals surface area contributed by atoms with Gasteiger partial charge in [-0.3, -0.25) is 4.79 Å². The van der Waals surface area contributed by atoms with Crippen LogP contribution in [0.3, 0.4) is 0 Å². The van der Waals surface area contributed by atoms with E-state index in [9.17, 15) is 4.79 Å². The highest BCUT2D eigenvalue weighted by molar-refractivity contribution is 6.33. The third-order valence-corrected chi connectivity index (χ3v) is 2.15. The Morgan fingerprint density at radius 1 is 1.67 bits per heavy atom. The van der Waals surface area contributed by atoms with E-state index in [0.29, 0.717) is 16.3 Å². The van der Waals surface area contributed by atoms with Crippen LogP contribution in [0.4, 0.5) is 5.69 Å². The van der Waals surface area contributed by atoms with E-state index in [2.05, 4.69) is 5.32 Å². The summed E-state index contributed by atoms with van der Waals surface area (Å²) >= 11 is 5.77. The Kier molecular flexibility index (Phi) is 3.94. The van der Waals surface area contributed by atoms with Crippen molar-refractivity contribution in [1.29, 1.82) is 0 Å². The van der Waals surface area contributed by atoms with Gasteiger partial charge in [0.2, 0.25) is 0 Å². The molecule has 0 bridgehead atoms. The van der Waals surface area contributed by atoms with Crippen LogP contribution in [0.5, 0.6) is 0 Å². The Bertz CT molecular complexity index is 366. The molecule has 0 radical (unpaired) electrons. The molecular formula is C10H13ClN2O2. The number of amides is 1. The number of benzene rings is 1. The molecule has 1 aromatic carbocycles. The van der Waals surface area contributed by atoms with Gasteiger partial charge in [-0.25, -0.2) is 0 Å². The predicted octanol–water partition coefficient (Wildman–Crippen LogP) is 1.03. The van der Waals surface area contributed by atoms with Gasteiger partial charge in [-0.05, 0) is 25.1 Å². The summed E-state index contributed by atoms with van der Waals surface area (Å²) in [6.45, 7) is 1.80. The quantitative estimate of drug-likeness (QED) is 0.677. The van der Waals surface area contributed by atoms with Crippen LogP contribution in [-0.2, 0) is 0 Å². The zero-order valence-corrected chi connectivity index (χ0v) is 9.08. The normalized spacial score (nSPS) is 12.2. The number of hydrogen-bond donors (Lipinski definition) is 3. The summed E-state index contributed by atoms with van der Waals surface area (Å²) < 4.78 is 0. The Labute approximate surface area is 93.0 Å². The predicted molar refractivity (Wildman–Crippen MR) is 59.9 cm³/mol. The largest absolute Gasteiger partial charge is 0.398 e. The topological polar surface area (TPSA) is 75.3 Å². The maximum Gasteiger partial charge on any atom is 0.251 e. The fourth-order valence-corrected chi connectivity index (χ4v) is 1.19. The van der Waals surface area contributed by atoms with Crippen LogP contribution in [0, 0.1) is 0 Å². The maximum atomic E-state index is 11.5. The molecule has 0 heterocycles. The molecule has 0 aliphatic heterocycles. The second-order valence-corrected chi connectivity index (χ2v) is 3.70. The molecule has 4 nitrogen and oxygen atoms in total. The third kappa shape index (κ3) is 3.42. The molecule has 0 aliphatic rings. The van der Waals surface area contributed by atoms with Crippen molar-refractivity contribution in [3.8, 4) is 0 Å². The Morgan fingerprint density at radius 3 is 2.87 bits per heavy atom. The minimum Gasteiger partial charge on any atom is -0.398 e. The maximum absolute atomic E-state index is 11.5. The number of carbonyl (C=O) groups is 1. The highest BCUT2D eigenvalue weighted by atomic mass is 35.5. The van der Waals surface area contributed by atoms with Crippen LogP contribution in [-0.4, -0.2) is 23.7 Å². The number of aliphatic hydroxyl groups is 1. The highest BCUT2D eigenvalue weighted by Crippen LogP contribution is 2.19. The van der Waals surface area contributed by atoms with Crippen molar-refractivity contribution in [2.45, 2.75) is 13.0 Å². The molecule has 1 rings (SSSR count). The van der Waals surface area contributed by atoms with Gasteiger partial charge in [0.1, 0.15) is 0 Å². The van der Waals surface area contributed by atoms with Gasteiger partial charge >= 0.3 is 0 Å². The number of hydrogen-bond acceptors (Lipinski definition) is 3. The lowest BCUT2D eigenvalue weighted by molar-refractivity contribution is 0.0924. The first-order valence-electron chi connectivity index (χ1n) is 4.52. The molecule has 1 amide bonds. The summed E-state index contributed by atoms with van der Waals surface area (Å²) in [5.74, 6) is -0.280. The number of nitrogens with two attached hydrogens (primary N) is 1. The summed E-state index contributed by atoms with van der Waals surface area (Å²) in [6, 6.07) is 4.65. The molecule has 1 aromatic rings. The summed E-state index contributed by atoms with van der Waals surface area (Å²) in [4.78, 5) is 11.5. The molecule has 4 N–H and O–H groups in total. The summed E-state index contributed by atoms with van der Waals surface area (Å²) in [5, 5.41) is 11.9. The van der Waals surface area contributed by atoms with Gasteiger partial charge < -0.3 is 16.2 Å². The molecule has 0 aliphatic carbocycles. The van der Waals surface area contributed by atoms with Crippen LogP contribution in [0.1, 0.15) is 17.3 Å². The molecule has 0 saturated carbocycles. The zero-order valence-electron chi connectivity index (χ0n) is 8.33. The van der Waals surface area contributed by atoms with Crippen molar-refractivity contribution in [2.75, 3.05) is 12.3 Å². The number of halogens is 1. The average molecular weight is 229 g/mol. The average Bonchev–Trinajstić information content (AvgIpc) is 2.18. The lowest BCUT2D eigenvalue weighted by Gasteiger charge is -2.07. The van der Waals surface area contributed by atoms with Crippen molar-refractivity contribution in [2.24, 2.45) is 0 Å². The smallest absolute Gasteiger partial charge is 0.251 e. The molecule has 0 fully saturated rings. The number of rotatable bonds is 3. The van der Waals surface area contributed by atoms with Crippen LogP contribution >= 0.6 is 11.6 Å². The van der Waals surface area contributed by atoms with Gasteiger partial charge in [0, 0.05) is 12.1 Å². The first-order chi connectivity index (χ1) is 7.00. The van der Waals surface area contributed by atoms with Crippen LogP contribution in [0.25, 0.3) is 0 Å². The van der Waals surface area contributed by atoms with Gasteiger partial charge in [-0.15, -0.1) is 0 Å². The minimum absolute atomic E-state index is 0.209. The van der Waals surface area contributed by atoms with E-state index >= 15 is 0 Å². The fraction of sp³-hybridized carbons (Fsp3) is 0.300. The number of nitrogens with one attached hydrogen (secondary N) is 1. The number of anilines is 1. The number of aliphatic hydroxyl groups excluding tert-OH is 1. The second-order valence-electron chi connectivity index (χ2n) is 3.30. The van der Waals surface area contributed by atoms with E-state index in [1.54, 1.807) is 19.1 Å². The van der Waals surface area contributed by atoms with Crippen molar-refractivity contribution in [1.82, 2.24) is 5.32 Å². The Balaban J connectivity index is 2.70. The van der Waals surface area contributed by atoms with Crippen LogP contribution in [0.15, 0.2) is 18.2 Å². The molecule has 0 saturated heterocycles. The van der Waals surface area contributed by atoms with Crippen molar-refractivity contribution < 1.29 is 9.90 Å². The van der Waals surface area contributed by atoms with Crippen molar-refractivity contribution in [3.63, 3.8) is 0 Å². The number of nitrogen functional groups attached to an aromatic ring is 1. The molecule has 0 spiro atoms. The minimum atomic E-state index is -0.571. The monoisotopic (exact) mass is 228 g/mol. The van der Waals surface area contributed by atoms with Gasteiger partial charge in [0.05, 0.1) is 16.8 Å². The van der Waals surface area contributed by atoms with E-state index in [1.165, 1.54) is 6.07 Å². The van der Waals surface area contributed by atoms with E-state index in [1.807, 2.05) is 0 Å². The molecule has 0 aromatic heterocycles. The van der Waals surface area contributed by atoms with Gasteiger partial charge in [0.25, 0.3) is 5.91 Å². The summed E-state index contributed by atoms with van der Waals surface area (Å²) in [5.41, 5.74) is 6.37. The highest BCUT2D eigenvalue weighted by Gasteiger charge is 2.07. The van der Waals surface area contributed by atoms with E-state index < -0.39 is 6.10 Å². The zero-order chi connectivity index (χ0) is 11.4. The van der Waals surface area contributed by atoms with Crippen molar-refractivity contribution >= 4 is 23.2 Å². The van der Waals surface area contributed by atoms with Gasteiger partial charge in [-0.1, -0.05) is 11.6 Å². The molecular weight excluding hydrogens is 216 g/mol. The van der Waals surface area contributed by atoms with Gasteiger partial charge in [-0.2, -0.15) is 0 Å². The first-order valence-corrected chi connectivity index (χ1v) is 4.90. The Hall–Kier alpha value is -1.26. The first kappa shape index (κ1) is 11.8. The molecule has 15 heavy (non-hydrogen) atoms. The van der Waals surface area contributed by atoms with Crippen LogP contribution < -0.4 is 11.1 Å². The fourth-order valence-electron chi connectivity index (χ4n) is 1.01. The molecule has 0 unspecified atom stereocenters. The summed E-state index contributed by atoms with van der Waals surface area (Å²) in [6.07, 6.45) is -0.571. The Morgan fingerprint density at radius 2 is 2.33 bits per heavy atom. The third-order valence-electron chi connectivity index (χ3n) is 1.82. The number of carbonyl (C=O) groups excluding carboxylic acids is 1. The van der Waals surface area contributed by atoms with E-state index in [-0.39, 0.29) is 12.5 Å². The lowest BCUT2D eigenvalue weighted by atomic mass is 10.2. The standard InChI is InChI=1S/C10H13ClN2O2/c1-6(14)5-13-10(15)7-2-3-9(12)8(11)4-7/h2-4,6,14H,5,12H2,1H3,(H,13,15)/t6-/m0/s1. The lowest BCUT2D eigenvalue weighted by Crippen LogP contribution is -2.30. The molecule has 82 valence electrons. The van der Waals surface area contributed by atoms with Gasteiger partial charge in [0.15, 0.2) is 0 Å².